The quantitative estimate of drug-likeness (QED) is 0.688. The Morgan fingerprint density at radius 3 is 2.82 bits per heavy atom. The summed E-state index contributed by atoms with van der Waals surface area (Å²) < 4.78 is 0. The fourth-order valence-corrected chi connectivity index (χ4v) is 0.839. The van der Waals surface area contributed by atoms with Crippen molar-refractivity contribution < 1.29 is 0 Å². The Hall–Kier alpha value is -1.31. The molecular formula is C9H12N2. The molecule has 0 saturated carbocycles. The second-order valence-corrected chi connectivity index (χ2v) is 2.39. The standard InChI is InChI=1S/C9H12N2/c1-7-5-4-6-9(11-7)8(2)10-3/h4-6,10H,2H2,1,3H3. The zero-order chi connectivity index (χ0) is 8.27. The van der Waals surface area contributed by atoms with Crippen molar-refractivity contribution >= 4 is 5.70 Å². The zero-order valence-corrected chi connectivity index (χ0v) is 6.89. The lowest BCUT2D eigenvalue weighted by atomic mass is 10.2. The SMILES string of the molecule is C=C(NC)c1cccc(C)n1. The first-order valence-corrected chi connectivity index (χ1v) is 3.54. The van der Waals surface area contributed by atoms with Gasteiger partial charge in [0.1, 0.15) is 0 Å². The minimum atomic E-state index is 0.855. The van der Waals surface area contributed by atoms with Gasteiger partial charge in [-0.1, -0.05) is 12.6 Å². The Balaban J connectivity index is 2.96. The lowest BCUT2D eigenvalue weighted by Gasteiger charge is -2.03. The molecule has 1 heterocycles. The molecule has 0 radical (unpaired) electrons. The molecule has 0 aliphatic carbocycles. The van der Waals surface area contributed by atoms with Crippen LogP contribution in [0.4, 0.5) is 0 Å². The molecule has 11 heavy (non-hydrogen) atoms. The average Bonchev–Trinajstić information content (AvgIpc) is 2.03. The van der Waals surface area contributed by atoms with Crippen LogP contribution in [0.2, 0.25) is 0 Å². The van der Waals surface area contributed by atoms with Gasteiger partial charge in [-0.25, -0.2) is 0 Å². The van der Waals surface area contributed by atoms with E-state index in [4.69, 9.17) is 0 Å². The van der Waals surface area contributed by atoms with Gasteiger partial charge in [-0.15, -0.1) is 0 Å². The lowest BCUT2D eigenvalue weighted by Crippen LogP contribution is -2.04. The minimum Gasteiger partial charge on any atom is -0.387 e. The van der Waals surface area contributed by atoms with Crippen LogP contribution in [-0.2, 0) is 0 Å². The second-order valence-electron chi connectivity index (χ2n) is 2.39. The Labute approximate surface area is 67.0 Å². The molecule has 0 unspecified atom stereocenters. The molecule has 58 valence electrons. The molecule has 1 aromatic heterocycles. The molecule has 2 nitrogen and oxygen atoms in total. The van der Waals surface area contributed by atoms with Crippen molar-refractivity contribution in [2.24, 2.45) is 0 Å². The Bertz CT molecular complexity index is 266. The van der Waals surface area contributed by atoms with E-state index in [1.54, 1.807) is 0 Å². The van der Waals surface area contributed by atoms with Gasteiger partial charge in [-0.2, -0.15) is 0 Å². The van der Waals surface area contributed by atoms with Crippen LogP contribution in [0.15, 0.2) is 24.8 Å². The molecule has 0 bridgehead atoms. The largest absolute Gasteiger partial charge is 0.387 e. The maximum atomic E-state index is 4.28. The molecule has 1 N–H and O–H groups in total. The molecule has 0 saturated heterocycles. The number of aryl methyl sites for hydroxylation is 1. The van der Waals surface area contributed by atoms with E-state index in [2.05, 4.69) is 16.9 Å². The first-order chi connectivity index (χ1) is 5.24. The van der Waals surface area contributed by atoms with Crippen molar-refractivity contribution in [2.75, 3.05) is 7.05 Å². The first kappa shape index (κ1) is 7.79. The topological polar surface area (TPSA) is 24.9 Å². The third kappa shape index (κ3) is 1.80. The molecule has 1 aromatic rings. The van der Waals surface area contributed by atoms with Crippen molar-refractivity contribution in [1.82, 2.24) is 10.3 Å². The molecule has 0 aliphatic rings. The summed E-state index contributed by atoms with van der Waals surface area (Å²) in [6, 6.07) is 5.87. The van der Waals surface area contributed by atoms with E-state index >= 15 is 0 Å². The summed E-state index contributed by atoms with van der Waals surface area (Å²) in [5.74, 6) is 0. The van der Waals surface area contributed by atoms with E-state index in [9.17, 15) is 0 Å². The fraction of sp³-hybridized carbons (Fsp3) is 0.222. The Morgan fingerprint density at radius 1 is 1.55 bits per heavy atom. The van der Waals surface area contributed by atoms with Gasteiger partial charge >= 0.3 is 0 Å². The third-order valence-corrected chi connectivity index (χ3v) is 1.50. The predicted octanol–water partition coefficient (Wildman–Crippen LogP) is 1.58. The first-order valence-electron chi connectivity index (χ1n) is 3.54. The van der Waals surface area contributed by atoms with Gasteiger partial charge in [-0.05, 0) is 19.1 Å². The van der Waals surface area contributed by atoms with Crippen molar-refractivity contribution in [3.63, 3.8) is 0 Å². The van der Waals surface area contributed by atoms with Gasteiger partial charge in [0.15, 0.2) is 0 Å². The highest BCUT2D eigenvalue weighted by atomic mass is 14.9. The second kappa shape index (κ2) is 3.19. The highest BCUT2D eigenvalue weighted by Crippen LogP contribution is 2.05. The van der Waals surface area contributed by atoms with Crippen molar-refractivity contribution in [2.45, 2.75) is 6.92 Å². The van der Waals surface area contributed by atoms with Crippen LogP contribution in [0, 0.1) is 6.92 Å². The minimum absolute atomic E-state index is 0.855. The highest BCUT2D eigenvalue weighted by molar-refractivity contribution is 5.57. The van der Waals surface area contributed by atoms with E-state index in [1.165, 1.54) is 0 Å². The molecule has 0 spiro atoms. The van der Waals surface area contributed by atoms with E-state index in [0.29, 0.717) is 0 Å². The molecule has 0 aliphatic heterocycles. The lowest BCUT2D eigenvalue weighted by molar-refractivity contribution is 1.08. The number of nitrogens with zero attached hydrogens (tertiary/aromatic N) is 1. The summed E-state index contributed by atoms with van der Waals surface area (Å²) in [7, 11) is 1.84. The Morgan fingerprint density at radius 2 is 2.27 bits per heavy atom. The molecule has 2 heteroatoms. The van der Waals surface area contributed by atoms with E-state index in [-0.39, 0.29) is 0 Å². The number of hydrogen-bond donors (Lipinski definition) is 1. The maximum absolute atomic E-state index is 4.28. The van der Waals surface area contributed by atoms with Crippen LogP contribution in [0.25, 0.3) is 5.70 Å². The molecule has 0 atom stereocenters. The number of aromatic nitrogens is 1. The highest BCUT2D eigenvalue weighted by Gasteiger charge is 1.95. The number of nitrogens with one attached hydrogen (secondary N) is 1. The average molecular weight is 148 g/mol. The normalized spacial score (nSPS) is 9.27. The maximum Gasteiger partial charge on any atom is 0.0857 e. The van der Waals surface area contributed by atoms with Crippen LogP contribution < -0.4 is 5.32 Å². The fourth-order valence-electron chi connectivity index (χ4n) is 0.839. The Kier molecular flexibility index (Phi) is 2.26. The van der Waals surface area contributed by atoms with Crippen molar-refractivity contribution in [1.29, 1.82) is 0 Å². The van der Waals surface area contributed by atoms with Gasteiger partial charge in [-0.3, -0.25) is 4.98 Å². The van der Waals surface area contributed by atoms with Crippen LogP contribution in [0.3, 0.4) is 0 Å². The van der Waals surface area contributed by atoms with Gasteiger partial charge < -0.3 is 5.32 Å². The van der Waals surface area contributed by atoms with Crippen LogP contribution in [0.5, 0.6) is 0 Å². The van der Waals surface area contributed by atoms with Gasteiger partial charge in [0.05, 0.1) is 11.4 Å². The van der Waals surface area contributed by atoms with Crippen LogP contribution in [0.1, 0.15) is 11.4 Å². The zero-order valence-electron chi connectivity index (χ0n) is 6.89. The molecule has 0 amide bonds. The summed E-state index contributed by atoms with van der Waals surface area (Å²) in [6.45, 7) is 5.78. The van der Waals surface area contributed by atoms with Crippen molar-refractivity contribution in [3.05, 3.63) is 36.2 Å². The van der Waals surface area contributed by atoms with E-state index < -0.39 is 0 Å². The number of hydrogen-bond acceptors (Lipinski definition) is 2. The summed E-state index contributed by atoms with van der Waals surface area (Å²) in [5.41, 5.74) is 2.78. The van der Waals surface area contributed by atoms with Gasteiger partial charge in [0.2, 0.25) is 0 Å². The van der Waals surface area contributed by atoms with E-state index in [0.717, 1.165) is 17.1 Å². The third-order valence-electron chi connectivity index (χ3n) is 1.50. The summed E-state index contributed by atoms with van der Waals surface area (Å²) in [6.07, 6.45) is 0. The number of pyridine rings is 1. The molecule has 0 fully saturated rings. The monoisotopic (exact) mass is 148 g/mol. The smallest absolute Gasteiger partial charge is 0.0857 e. The van der Waals surface area contributed by atoms with Crippen LogP contribution >= 0.6 is 0 Å². The van der Waals surface area contributed by atoms with Gasteiger partial charge in [0, 0.05) is 12.7 Å². The molecular weight excluding hydrogens is 136 g/mol. The number of rotatable bonds is 2. The molecule has 1 rings (SSSR count). The van der Waals surface area contributed by atoms with Gasteiger partial charge in [0.25, 0.3) is 0 Å². The van der Waals surface area contributed by atoms with Crippen LogP contribution in [-0.4, -0.2) is 12.0 Å². The summed E-state index contributed by atoms with van der Waals surface area (Å²) in [5, 5.41) is 2.95. The summed E-state index contributed by atoms with van der Waals surface area (Å²) >= 11 is 0. The van der Waals surface area contributed by atoms with E-state index in [1.807, 2.05) is 32.2 Å². The molecule has 0 aromatic carbocycles. The van der Waals surface area contributed by atoms with Crippen molar-refractivity contribution in [3.8, 4) is 0 Å². The predicted molar refractivity (Wildman–Crippen MR) is 47.1 cm³/mol. The summed E-state index contributed by atoms with van der Waals surface area (Å²) in [4.78, 5) is 4.28.